The second-order valence-corrected chi connectivity index (χ2v) is 8.07. The molecule has 0 aromatic carbocycles. The van der Waals surface area contributed by atoms with Crippen LogP contribution in [0.5, 0.6) is 0 Å². The fourth-order valence-electron chi connectivity index (χ4n) is 5.84. The highest BCUT2D eigenvalue weighted by Crippen LogP contribution is 2.73. The van der Waals surface area contributed by atoms with Crippen molar-refractivity contribution in [2.75, 3.05) is 6.61 Å². The molecular weight excluding hydrogens is 292 g/mol. The van der Waals surface area contributed by atoms with Crippen molar-refractivity contribution in [1.29, 1.82) is 0 Å². The number of aliphatic hydroxyl groups is 5. The molecule has 2 aliphatic carbocycles. The Kier molecular flexibility index (Phi) is 2.56. The fourth-order valence-corrected chi connectivity index (χ4v) is 5.84. The van der Waals surface area contributed by atoms with Crippen molar-refractivity contribution in [2.45, 2.75) is 69.1 Å². The van der Waals surface area contributed by atoms with Gasteiger partial charge in [0.2, 0.25) is 0 Å². The first-order valence-corrected chi connectivity index (χ1v) is 7.82. The molecule has 22 heavy (non-hydrogen) atoms. The summed E-state index contributed by atoms with van der Waals surface area (Å²) in [5.41, 5.74) is -5.80. The summed E-state index contributed by atoms with van der Waals surface area (Å²) in [4.78, 5) is 0. The quantitative estimate of drug-likeness (QED) is 0.377. The standard InChI is InChI=1S/C15H24O7/c1-7-4-8(16)14(19)11(2)6-21-15(20)10(17)13(7,14)5-9(22-15)12(11,3)18/h7-10,16-20H,4-6H2,1-3H3/t7-,8-,9-,10-,11+,12+,13-,14+,15-/m1/s1. The van der Waals surface area contributed by atoms with E-state index in [1.807, 2.05) is 6.92 Å². The summed E-state index contributed by atoms with van der Waals surface area (Å²) in [6.07, 6.45) is -3.01. The molecule has 7 heteroatoms. The van der Waals surface area contributed by atoms with E-state index in [-0.39, 0.29) is 25.4 Å². The molecule has 3 saturated heterocycles. The van der Waals surface area contributed by atoms with Gasteiger partial charge in [0.1, 0.15) is 11.7 Å². The lowest BCUT2D eigenvalue weighted by Gasteiger charge is -2.67. The molecule has 9 atom stereocenters. The molecule has 7 nitrogen and oxygen atoms in total. The molecule has 0 amide bonds. The summed E-state index contributed by atoms with van der Waals surface area (Å²) in [5.74, 6) is -2.55. The van der Waals surface area contributed by atoms with Crippen LogP contribution in [0.1, 0.15) is 33.6 Å². The minimum Gasteiger partial charge on any atom is -0.390 e. The third-order valence-electron chi connectivity index (χ3n) is 7.47. The van der Waals surface area contributed by atoms with Gasteiger partial charge in [-0.25, -0.2) is 0 Å². The van der Waals surface area contributed by atoms with Crippen LogP contribution in [0.4, 0.5) is 0 Å². The van der Waals surface area contributed by atoms with Crippen LogP contribution < -0.4 is 0 Å². The topological polar surface area (TPSA) is 120 Å². The van der Waals surface area contributed by atoms with E-state index < -0.39 is 46.3 Å². The second kappa shape index (κ2) is 3.69. The van der Waals surface area contributed by atoms with Crippen LogP contribution in [0.15, 0.2) is 0 Å². The average molecular weight is 316 g/mol. The minimum atomic E-state index is -2.28. The third kappa shape index (κ3) is 1.14. The molecule has 4 bridgehead atoms. The molecule has 1 spiro atoms. The molecule has 5 N–H and O–H groups in total. The van der Waals surface area contributed by atoms with Gasteiger partial charge in [-0.3, -0.25) is 0 Å². The van der Waals surface area contributed by atoms with Gasteiger partial charge in [0.15, 0.2) is 0 Å². The molecule has 126 valence electrons. The Balaban J connectivity index is 2.07. The molecule has 0 aromatic rings. The van der Waals surface area contributed by atoms with Crippen LogP contribution in [0.2, 0.25) is 0 Å². The normalized spacial score (nSPS) is 69.8. The van der Waals surface area contributed by atoms with Crippen LogP contribution in [0, 0.1) is 16.7 Å². The predicted molar refractivity (Wildman–Crippen MR) is 72.3 cm³/mol. The lowest BCUT2D eigenvalue weighted by atomic mass is 9.44. The Labute approximate surface area is 128 Å². The predicted octanol–water partition coefficient (Wildman–Crippen LogP) is -1.30. The summed E-state index contributed by atoms with van der Waals surface area (Å²) in [7, 11) is 0. The smallest absolute Gasteiger partial charge is 0.309 e. The van der Waals surface area contributed by atoms with Crippen molar-refractivity contribution in [3.63, 3.8) is 0 Å². The van der Waals surface area contributed by atoms with Gasteiger partial charge in [-0.2, -0.15) is 0 Å². The first-order valence-electron chi connectivity index (χ1n) is 7.82. The zero-order valence-corrected chi connectivity index (χ0v) is 13.0. The Morgan fingerprint density at radius 2 is 1.73 bits per heavy atom. The summed E-state index contributed by atoms with van der Waals surface area (Å²) < 4.78 is 10.9. The van der Waals surface area contributed by atoms with Gasteiger partial charge >= 0.3 is 5.97 Å². The van der Waals surface area contributed by atoms with Crippen molar-refractivity contribution in [2.24, 2.45) is 16.7 Å². The molecule has 5 rings (SSSR count). The van der Waals surface area contributed by atoms with Crippen molar-refractivity contribution in [3.8, 4) is 0 Å². The molecular formula is C15H24O7. The van der Waals surface area contributed by atoms with E-state index in [4.69, 9.17) is 9.47 Å². The van der Waals surface area contributed by atoms with E-state index in [1.165, 1.54) is 6.92 Å². The summed E-state index contributed by atoms with van der Waals surface area (Å²) >= 11 is 0. The van der Waals surface area contributed by atoms with Gasteiger partial charge in [-0.05, 0) is 25.7 Å². The van der Waals surface area contributed by atoms with E-state index in [0.29, 0.717) is 0 Å². The van der Waals surface area contributed by atoms with Crippen LogP contribution in [-0.4, -0.2) is 67.6 Å². The number of hydrogen-bond acceptors (Lipinski definition) is 7. The van der Waals surface area contributed by atoms with Crippen LogP contribution >= 0.6 is 0 Å². The van der Waals surface area contributed by atoms with Gasteiger partial charge in [0.05, 0.1) is 29.8 Å². The van der Waals surface area contributed by atoms with Crippen LogP contribution in [-0.2, 0) is 9.47 Å². The van der Waals surface area contributed by atoms with Crippen molar-refractivity contribution < 1.29 is 35.0 Å². The molecule has 2 saturated carbocycles. The highest BCUT2D eigenvalue weighted by molar-refractivity contribution is 5.32. The zero-order chi connectivity index (χ0) is 16.3. The molecule has 5 fully saturated rings. The highest BCUT2D eigenvalue weighted by Gasteiger charge is 2.86. The zero-order valence-electron chi connectivity index (χ0n) is 13.0. The number of hydrogen-bond donors (Lipinski definition) is 5. The maximum absolute atomic E-state index is 11.6. The van der Waals surface area contributed by atoms with E-state index >= 15 is 0 Å². The first kappa shape index (κ1) is 15.3. The third-order valence-corrected chi connectivity index (χ3v) is 7.47. The lowest BCUT2D eigenvalue weighted by molar-refractivity contribution is -0.460. The number of aliphatic hydroxyl groups excluding tert-OH is 2. The monoisotopic (exact) mass is 316 g/mol. The van der Waals surface area contributed by atoms with E-state index in [9.17, 15) is 25.5 Å². The number of fused-ring (bicyclic) bond motifs is 1. The fraction of sp³-hybridized carbons (Fsp3) is 1.00. The minimum absolute atomic E-state index is 0.150. The Morgan fingerprint density at radius 3 is 2.36 bits per heavy atom. The van der Waals surface area contributed by atoms with Gasteiger partial charge in [-0.15, -0.1) is 0 Å². The van der Waals surface area contributed by atoms with Crippen LogP contribution in [0.3, 0.4) is 0 Å². The summed E-state index contributed by atoms with van der Waals surface area (Å²) in [6.45, 7) is 4.76. The molecule has 3 heterocycles. The Bertz CT molecular complexity index is 530. The van der Waals surface area contributed by atoms with E-state index in [1.54, 1.807) is 6.92 Å². The summed E-state index contributed by atoms with van der Waals surface area (Å²) in [5, 5.41) is 54.8. The maximum Gasteiger partial charge on any atom is 0.309 e. The Morgan fingerprint density at radius 1 is 1.09 bits per heavy atom. The average Bonchev–Trinajstić information content (AvgIpc) is 2.58. The largest absolute Gasteiger partial charge is 0.390 e. The summed E-state index contributed by atoms with van der Waals surface area (Å²) in [6, 6.07) is 0. The highest BCUT2D eigenvalue weighted by atomic mass is 16.8. The van der Waals surface area contributed by atoms with Gasteiger partial charge < -0.3 is 35.0 Å². The van der Waals surface area contributed by atoms with Crippen LogP contribution in [0.25, 0.3) is 0 Å². The first-order chi connectivity index (χ1) is 9.97. The SMILES string of the molecule is C[C@@H]1C[C@@H](O)[C@@]2(O)[C@]13C[C@H]1O[C@](O)(OC[C@@]2(C)[C@@]1(C)O)[C@@H]3O. The molecule has 0 unspecified atom stereocenters. The molecule has 5 aliphatic rings. The maximum atomic E-state index is 11.6. The number of ether oxygens (including phenoxy) is 2. The number of rotatable bonds is 0. The van der Waals surface area contributed by atoms with Gasteiger partial charge in [-0.1, -0.05) is 13.8 Å². The lowest BCUT2D eigenvalue weighted by Crippen LogP contribution is -2.82. The van der Waals surface area contributed by atoms with E-state index in [0.717, 1.165) is 0 Å². The molecule has 3 aliphatic heterocycles. The van der Waals surface area contributed by atoms with Crippen molar-refractivity contribution in [3.05, 3.63) is 0 Å². The van der Waals surface area contributed by atoms with Gasteiger partial charge in [0.25, 0.3) is 0 Å². The van der Waals surface area contributed by atoms with Crippen molar-refractivity contribution in [1.82, 2.24) is 0 Å². The van der Waals surface area contributed by atoms with Gasteiger partial charge in [0, 0.05) is 5.41 Å². The Hall–Kier alpha value is -0.280. The van der Waals surface area contributed by atoms with E-state index in [2.05, 4.69) is 0 Å². The second-order valence-electron chi connectivity index (χ2n) is 8.07. The molecule has 0 radical (unpaired) electrons. The molecule has 0 aromatic heterocycles. The van der Waals surface area contributed by atoms with Crippen molar-refractivity contribution >= 4 is 0 Å².